The van der Waals surface area contributed by atoms with Crippen molar-refractivity contribution < 1.29 is 14.2 Å². The van der Waals surface area contributed by atoms with E-state index in [1.807, 2.05) is 6.92 Å². The fourth-order valence-electron chi connectivity index (χ4n) is 1.56. The molecule has 4 nitrogen and oxygen atoms in total. The first kappa shape index (κ1) is 14.8. The molecule has 0 bridgehead atoms. The Morgan fingerprint density at radius 2 is 1.69 bits per heavy atom. The van der Waals surface area contributed by atoms with Gasteiger partial charge in [-0.3, -0.25) is 0 Å². The SMILES string of the molecule is CCCCCN[N+](C=C=O)(C=C=O)CCC. The highest BCUT2D eigenvalue weighted by Gasteiger charge is 2.22. The van der Waals surface area contributed by atoms with Gasteiger partial charge < -0.3 is 0 Å². The second-order valence-electron chi connectivity index (χ2n) is 3.76. The average Bonchev–Trinajstić information content (AvgIpc) is 2.26. The molecule has 16 heavy (non-hydrogen) atoms. The third-order valence-electron chi connectivity index (χ3n) is 2.35. The summed E-state index contributed by atoms with van der Waals surface area (Å²) in [5.74, 6) is 3.49. The molecule has 0 atom stereocenters. The molecule has 0 unspecified atom stereocenters. The van der Waals surface area contributed by atoms with E-state index >= 15 is 0 Å². The van der Waals surface area contributed by atoms with E-state index in [9.17, 15) is 9.59 Å². The molecule has 0 amide bonds. The highest BCUT2D eigenvalue weighted by atomic mass is 16.1. The van der Waals surface area contributed by atoms with Crippen molar-refractivity contribution in [3.8, 4) is 0 Å². The number of carbonyl (C=O) groups excluding carboxylic acids is 2. The molecule has 0 rings (SSSR count). The lowest BCUT2D eigenvalue weighted by Gasteiger charge is -2.27. The zero-order chi connectivity index (χ0) is 12.3. The van der Waals surface area contributed by atoms with Crippen LogP contribution in [0.15, 0.2) is 12.4 Å². The maximum atomic E-state index is 10.5. The molecular weight excluding hydrogens is 204 g/mol. The van der Waals surface area contributed by atoms with Crippen molar-refractivity contribution in [3.63, 3.8) is 0 Å². The van der Waals surface area contributed by atoms with Crippen LogP contribution in [0.25, 0.3) is 0 Å². The molecule has 0 aromatic rings. The van der Waals surface area contributed by atoms with E-state index in [4.69, 9.17) is 0 Å². The van der Waals surface area contributed by atoms with Crippen LogP contribution in [0.3, 0.4) is 0 Å². The van der Waals surface area contributed by atoms with E-state index in [1.165, 1.54) is 12.4 Å². The minimum atomic E-state index is 0.0488. The summed E-state index contributed by atoms with van der Waals surface area (Å²) in [7, 11) is 0. The Labute approximate surface area is 97.2 Å². The third-order valence-corrected chi connectivity index (χ3v) is 2.35. The van der Waals surface area contributed by atoms with Crippen molar-refractivity contribution in [3.05, 3.63) is 12.4 Å². The van der Waals surface area contributed by atoms with Crippen LogP contribution < -0.4 is 5.43 Å². The molecule has 0 radical (unpaired) electrons. The molecule has 0 aromatic heterocycles. The van der Waals surface area contributed by atoms with Crippen LogP contribution in [0.1, 0.15) is 39.5 Å². The Balaban J connectivity index is 4.48. The number of rotatable bonds is 9. The van der Waals surface area contributed by atoms with Gasteiger partial charge in [-0.05, 0) is 12.8 Å². The minimum absolute atomic E-state index is 0.0488. The van der Waals surface area contributed by atoms with Gasteiger partial charge >= 0.3 is 0 Å². The summed E-state index contributed by atoms with van der Waals surface area (Å²) in [5, 5.41) is 0. The zero-order valence-electron chi connectivity index (χ0n) is 10.2. The van der Waals surface area contributed by atoms with Crippen molar-refractivity contribution in [2.75, 3.05) is 13.1 Å². The summed E-state index contributed by atoms with van der Waals surface area (Å²) in [6.45, 7) is 5.55. The fraction of sp³-hybridized carbons (Fsp3) is 0.667. The Kier molecular flexibility index (Phi) is 8.41. The molecule has 0 aliphatic carbocycles. The predicted octanol–water partition coefficient (Wildman–Crippen LogP) is 1.60. The lowest BCUT2D eigenvalue weighted by atomic mass is 10.2. The molecule has 0 aliphatic heterocycles. The van der Waals surface area contributed by atoms with Gasteiger partial charge in [0.05, 0.1) is 0 Å². The molecule has 0 aliphatic rings. The topological polar surface area (TPSA) is 46.2 Å². The minimum Gasteiger partial charge on any atom is -0.228 e. The van der Waals surface area contributed by atoms with Crippen LogP contribution in [0.5, 0.6) is 0 Å². The van der Waals surface area contributed by atoms with Gasteiger partial charge in [0, 0.05) is 6.54 Å². The second-order valence-corrected chi connectivity index (χ2v) is 3.76. The monoisotopic (exact) mass is 225 g/mol. The van der Waals surface area contributed by atoms with Gasteiger partial charge in [-0.15, -0.1) is 0 Å². The van der Waals surface area contributed by atoms with Gasteiger partial charge in [0.25, 0.3) is 0 Å². The number of nitrogens with one attached hydrogen (secondary N) is 1. The largest absolute Gasteiger partial charge is 0.228 e. The Morgan fingerprint density at radius 3 is 2.12 bits per heavy atom. The standard InChI is InChI=1S/C12H21N2O2/c1-3-5-6-7-13-14(8-4-2,9-11-15)10-12-16/h9-10,13H,3-8H2,1-2H3/q+1. The molecule has 0 spiro atoms. The van der Waals surface area contributed by atoms with Crippen LogP contribution in [0.2, 0.25) is 0 Å². The van der Waals surface area contributed by atoms with Gasteiger partial charge in [-0.2, -0.15) is 10.0 Å². The summed E-state index contributed by atoms with van der Waals surface area (Å²) < 4.78 is 0.0488. The van der Waals surface area contributed by atoms with Crippen molar-refractivity contribution in [2.45, 2.75) is 39.5 Å². The van der Waals surface area contributed by atoms with Gasteiger partial charge in [0.1, 0.15) is 6.54 Å². The van der Waals surface area contributed by atoms with Gasteiger partial charge in [-0.25, -0.2) is 9.59 Å². The number of hydrogen-bond donors (Lipinski definition) is 1. The van der Waals surface area contributed by atoms with Crippen molar-refractivity contribution in [1.29, 1.82) is 0 Å². The lowest BCUT2D eigenvalue weighted by molar-refractivity contribution is -0.872. The van der Waals surface area contributed by atoms with Crippen molar-refractivity contribution in [1.82, 2.24) is 5.43 Å². The quantitative estimate of drug-likeness (QED) is 0.280. The molecule has 0 saturated carbocycles. The fourth-order valence-corrected chi connectivity index (χ4v) is 1.56. The van der Waals surface area contributed by atoms with Gasteiger partial charge in [-0.1, -0.05) is 26.7 Å². The van der Waals surface area contributed by atoms with E-state index in [0.29, 0.717) is 6.54 Å². The highest BCUT2D eigenvalue weighted by molar-refractivity contribution is 5.45. The molecule has 0 saturated heterocycles. The zero-order valence-corrected chi connectivity index (χ0v) is 10.2. The van der Waals surface area contributed by atoms with E-state index in [0.717, 1.165) is 32.2 Å². The number of hydrogen-bond acceptors (Lipinski definition) is 3. The van der Waals surface area contributed by atoms with Crippen molar-refractivity contribution >= 4 is 11.9 Å². The van der Waals surface area contributed by atoms with Crippen LogP contribution >= 0.6 is 0 Å². The number of quaternary nitrogens is 1. The van der Waals surface area contributed by atoms with Crippen LogP contribution in [0.4, 0.5) is 0 Å². The maximum absolute atomic E-state index is 10.5. The van der Waals surface area contributed by atoms with Gasteiger partial charge in [0.2, 0.25) is 12.4 Å². The van der Waals surface area contributed by atoms with E-state index in [1.54, 1.807) is 11.9 Å². The van der Waals surface area contributed by atoms with Gasteiger partial charge in [0.15, 0.2) is 11.9 Å². The molecule has 0 heterocycles. The smallest absolute Gasteiger partial charge is 0.205 e. The second kappa shape index (κ2) is 9.08. The Hall–Kier alpha value is -1.18. The van der Waals surface area contributed by atoms with E-state index < -0.39 is 0 Å². The Bertz CT molecular complexity index is 259. The lowest BCUT2D eigenvalue weighted by Crippen LogP contribution is -2.50. The summed E-state index contributed by atoms with van der Waals surface area (Å²) in [6.07, 6.45) is 6.80. The highest BCUT2D eigenvalue weighted by Crippen LogP contribution is 2.05. The summed E-state index contributed by atoms with van der Waals surface area (Å²) in [4.78, 5) is 20.9. The van der Waals surface area contributed by atoms with Crippen molar-refractivity contribution in [2.24, 2.45) is 0 Å². The van der Waals surface area contributed by atoms with E-state index in [-0.39, 0.29) is 4.59 Å². The van der Waals surface area contributed by atoms with Crippen LogP contribution in [-0.4, -0.2) is 29.6 Å². The summed E-state index contributed by atoms with van der Waals surface area (Å²) >= 11 is 0. The predicted molar refractivity (Wildman–Crippen MR) is 63.5 cm³/mol. The molecular formula is C12H21N2O2+. The number of nitrogens with zero attached hydrogens (tertiary/aromatic N) is 1. The maximum Gasteiger partial charge on any atom is 0.205 e. The summed E-state index contributed by atoms with van der Waals surface area (Å²) in [5.41, 5.74) is 3.17. The molecule has 1 N–H and O–H groups in total. The molecule has 4 heteroatoms. The molecule has 90 valence electrons. The Morgan fingerprint density at radius 1 is 1.06 bits per heavy atom. The third kappa shape index (κ3) is 5.64. The normalized spacial score (nSPS) is 13.4. The molecule has 0 fully saturated rings. The van der Waals surface area contributed by atoms with E-state index in [2.05, 4.69) is 12.3 Å². The number of unbranched alkanes of at least 4 members (excludes halogenated alkanes) is 2. The molecule has 0 aromatic carbocycles. The first-order valence-electron chi connectivity index (χ1n) is 5.81. The summed E-state index contributed by atoms with van der Waals surface area (Å²) in [6, 6.07) is 0. The first-order chi connectivity index (χ1) is 7.74. The van der Waals surface area contributed by atoms with Crippen LogP contribution in [0, 0.1) is 0 Å². The van der Waals surface area contributed by atoms with Crippen LogP contribution in [-0.2, 0) is 9.59 Å². The average molecular weight is 225 g/mol. The first-order valence-corrected chi connectivity index (χ1v) is 5.81.